The molecular weight excluding hydrogens is 468 g/mol. The summed E-state index contributed by atoms with van der Waals surface area (Å²) in [6.45, 7) is 1.74. The minimum Gasteiger partial charge on any atom is -0.436 e. The van der Waals surface area contributed by atoms with Gasteiger partial charge in [-0.25, -0.2) is 23.5 Å². The number of hydrogen-bond acceptors (Lipinski definition) is 8. The quantitative estimate of drug-likeness (QED) is 0.263. The molecule has 12 nitrogen and oxygen atoms in total. The van der Waals surface area contributed by atoms with Gasteiger partial charge in [0.25, 0.3) is 5.91 Å². The van der Waals surface area contributed by atoms with Crippen LogP contribution in [-0.4, -0.2) is 94.5 Å². The van der Waals surface area contributed by atoms with Crippen molar-refractivity contribution in [1.29, 1.82) is 0 Å². The number of carbonyl (C=O) groups is 3. The molecule has 1 aromatic heterocycles. The lowest BCUT2D eigenvalue weighted by molar-refractivity contribution is -0.131. The highest BCUT2D eigenvalue weighted by Gasteiger charge is 2.44. The number of hydrogen-bond donors (Lipinski definition) is 3. The number of aromatic nitrogens is 1. The SMILES string of the molecule is CC(CCN1Cc2cc(C#CC#CCOC(=O)N3CC(O)C3)cn2C1=O)(C(=O)NO)S(C)(=O)=O. The molecule has 13 heteroatoms. The van der Waals surface area contributed by atoms with Crippen molar-refractivity contribution < 1.29 is 37.9 Å². The minimum atomic E-state index is -3.86. The van der Waals surface area contributed by atoms with Gasteiger partial charge < -0.3 is 19.6 Å². The minimum absolute atomic E-state index is 0.0148. The Morgan fingerprint density at radius 1 is 1.32 bits per heavy atom. The number of nitrogens with one attached hydrogen (secondary N) is 1. The molecule has 0 bridgehead atoms. The van der Waals surface area contributed by atoms with E-state index in [0.717, 1.165) is 6.26 Å². The van der Waals surface area contributed by atoms with Gasteiger partial charge in [-0.1, -0.05) is 5.92 Å². The Labute approximate surface area is 196 Å². The number of fused-ring (bicyclic) bond motifs is 1. The Morgan fingerprint density at radius 2 is 2.03 bits per heavy atom. The van der Waals surface area contributed by atoms with Crippen LogP contribution in [0.3, 0.4) is 0 Å². The standard InChI is InChI=1S/C21H24N4O8S/c1-21(18(27)22-30,34(2,31)32)7-8-23-12-16-10-15(11-25(16)19(23)28)6-4-3-5-9-33-20(29)24-13-17(26)14-24/h10-11,17,26,30H,7-9,12-14H2,1-2H3,(H,22,27). The molecule has 0 radical (unpaired) electrons. The third-order valence-corrected chi connectivity index (χ3v) is 7.76. The molecule has 1 fully saturated rings. The summed E-state index contributed by atoms with van der Waals surface area (Å²) in [4.78, 5) is 38.9. The average molecular weight is 493 g/mol. The first-order chi connectivity index (χ1) is 16.0. The van der Waals surface area contributed by atoms with Gasteiger partial charge >= 0.3 is 12.1 Å². The van der Waals surface area contributed by atoms with Crippen LogP contribution in [0.5, 0.6) is 0 Å². The lowest BCUT2D eigenvalue weighted by atomic mass is 10.1. The maximum atomic E-state index is 12.6. The molecule has 182 valence electrons. The molecule has 34 heavy (non-hydrogen) atoms. The van der Waals surface area contributed by atoms with Gasteiger partial charge in [-0.2, -0.15) is 0 Å². The van der Waals surface area contributed by atoms with E-state index < -0.39 is 38.7 Å². The predicted octanol–water partition coefficient (Wildman–Crippen LogP) is -0.861. The second-order valence-corrected chi connectivity index (χ2v) is 10.6. The summed E-state index contributed by atoms with van der Waals surface area (Å²) in [5.74, 6) is 9.47. The van der Waals surface area contributed by atoms with Crippen LogP contribution in [0.25, 0.3) is 0 Å². The first-order valence-electron chi connectivity index (χ1n) is 10.2. The zero-order chi connectivity index (χ0) is 25.1. The fraction of sp³-hybridized carbons (Fsp3) is 0.476. The molecule has 1 unspecified atom stereocenters. The highest BCUT2D eigenvalue weighted by molar-refractivity contribution is 7.92. The summed E-state index contributed by atoms with van der Waals surface area (Å²) in [5, 5.41) is 18.0. The first-order valence-corrected chi connectivity index (χ1v) is 12.1. The molecule has 1 saturated heterocycles. The van der Waals surface area contributed by atoms with Crippen LogP contribution >= 0.6 is 0 Å². The Kier molecular flexibility index (Phi) is 7.21. The maximum absolute atomic E-state index is 12.6. The van der Waals surface area contributed by atoms with Crippen LogP contribution in [0.4, 0.5) is 9.59 Å². The molecule has 3 amide bonds. The fourth-order valence-electron chi connectivity index (χ4n) is 3.38. The Hall–Kier alpha value is -3.52. The number of amides is 3. The van der Waals surface area contributed by atoms with E-state index in [0.29, 0.717) is 11.3 Å². The van der Waals surface area contributed by atoms with E-state index in [9.17, 15) is 22.8 Å². The van der Waals surface area contributed by atoms with E-state index in [4.69, 9.17) is 15.1 Å². The molecule has 0 spiro atoms. The number of β-amino-alcohol motifs (C(OH)–C–C–N with tert-alkyl or cyclic N) is 1. The summed E-state index contributed by atoms with van der Waals surface area (Å²) >= 11 is 0. The number of sulfone groups is 1. The zero-order valence-corrected chi connectivity index (χ0v) is 19.4. The van der Waals surface area contributed by atoms with Gasteiger partial charge in [0.15, 0.2) is 21.2 Å². The number of aliphatic hydroxyl groups excluding tert-OH is 1. The van der Waals surface area contributed by atoms with Crippen molar-refractivity contribution >= 4 is 27.9 Å². The zero-order valence-electron chi connectivity index (χ0n) is 18.6. The maximum Gasteiger partial charge on any atom is 0.410 e. The number of hydroxylamine groups is 1. The van der Waals surface area contributed by atoms with Gasteiger partial charge in [0.1, 0.15) is 0 Å². The van der Waals surface area contributed by atoms with Crippen molar-refractivity contribution in [3.63, 3.8) is 0 Å². The monoisotopic (exact) mass is 492 g/mol. The smallest absolute Gasteiger partial charge is 0.410 e. The van der Waals surface area contributed by atoms with Gasteiger partial charge in [0, 0.05) is 30.3 Å². The second kappa shape index (κ2) is 9.77. The van der Waals surface area contributed by atoms with Crippen LogP contribution in [0.1, 0.15) is 24.6 Å². The van der Waals surface area contributed by atoms with Crippen LogP contribution in [0.15, 0.2) is 12.3 Å². The average Bonchev–Trinajstić information content (AvgIpc) is 3.28. The normalized spacial score (nSPS) is 16.9. The molecular formula is C21H24N4O8S. The van der Waals surface area contributed by atoms with Crippen LogP contribution in [0, 0.1) is 23.7 Å². The molecule has 3 heterocycles. The predicted molar refractivity (Wildman–Crippen MR) is 117 cm³/mol. The third kappa shape index (κ3) is 5.17. The van der Waals surface area contributed by atoms with E-state index >= 15 is 0 Å². The van der Waals surface area contributed by atoms with E-state index in [2.05, 4.69) is 23.7 Å². The number of aliphatic hydroxyl groups is 1. The van der Waals surface area contributed by atoms with Gasteiger partial charge in [0.05, 0.1) is 25.7 Å². The summed E-state index contributed by atoms with van der Waals surface area (Å²) in [5.41, 5.74) is 2.56. The van der Waals surface area contributed by atoms with E-state index in [1.807, 2.05) is 0 Å². The van der Waals surface area contributed by atoms with Crippen molar-refractivity contribution in [3.8, 4) is 23.7 Å². The van der Waals surface area contributed by atoms with E-state index in [1.165, 1.54) is 33.0 Å². The summed E-state index contributed by atoms with van der Waals surface area (Å²) in [6, 6.07) is 1.30. The Balaban J connectivity index is 1.53. The topological polar surface area (TPSA) is 158 Å². The van der Waals surface area contributed by atoms with Crippen molar-refractivity contribution in [1.82, 2.24) is 19.8 Å². The molecule has 0 saturated carbocycles. The summed E-state index contributed by atoms with van der Waals surface area (Å²) in [6.07, 6.45) is 1.17. The van der Waals surface area contributed by atoms with Crippen molar-refractivity contribution in [3.05, 3.63) is 23.5 Å². The van der Waals surface area contributed by atoms with Crippen LogP contribution < -0.4 is 5.48 Å². The lowest BCUT2D eigenvalue weighted by Crippen LogP contribution is -2.53. The second-order valence-electron chi connectivity index (χ2n) is 8.15. The molecule has 2 aliphatic heterocycles. The van der Waals surface area contributed by atoms with Gasteiger partial charge in [-0.3, -0.25) is 14.6 Å². The van der Waals surface area contributed by atoms with Crippen LogP contribution in [-0.2, 0) is 25.9 Å². The first kappa shape index (κ1) is 25.1. The van der Waals surface area contributed by atoms with E-state index in [1.54, 1.807) is 6.07 Å². The number of likely N-dealkylation sites (tertiary alicyclic amines) is 1. The molecule has 0 aromatic carbocycles. The highest BCUT2D eigenvalue weighted by atomic mass is 32.2. The fourth-order valence-corrected chi connectivity index (χ4v) is 4.22. The third-order valence-electron chi connectivity index (χ3n) is 5.73. The molecule has 0 aliphatic carbocycles. The molecule has 1 atom stereocenters. The van der Waals surface area contributed by atoms with Crippen LogP contribution in [0.2, 0.25) is 0 Å². The Morgan fingerprint density at radius 3 is 2.62 bits per heavy atom. The largest absolute Gasteiger partial charge is 0.436 e. The van der Waals surface area contributed by atoms with Gasteiger partial charge in [-0.15, -0.1) is 0 Å². The number of carbonyl (C=O) groups excluding carboxylic acids is 3. The van der Waals surface area contributed by atoms with E-state index in [-0.39, 0.29) is 39.2 Å². The van der Waals surface area contributed by atoms with Gasteiger partial charge in [0.2, 0.25) is 0 Å². The number of nitrogens with zero attached hydrogens (tertiary/aromatic N) is 3. The number of ether oxygens (including phenoxy) is 1. The summed E-state index contributed by atoms with van der Waals surface area (Å²) in [7, 11) is -3.86. The van der Waals surface area contributed by atoms with Crippen molar-refractivity contribution in [2.45, 2.75) is 30.7 Å². The molecule has 3 rings (SSSR count). The molecule has 3 N–H and O–H groups in total. The Bertz CT molecular complexity index is 1230. The molecule has 2 aliphatic rings. The summed E-state index contributed by atoms with van der Waals surface area (Å²) < 4.78 is 28.5. The lowest BCUT2D eigenvalue weighted by Gasteiger charge is -2.34. The van der Waals surface area contributed by atoms with Crippen molar-refractivity contribution in [2.75, 3.05) is 32.5 Å². The number of rotatable bonds is 6. The van der Waals surface area contributed by atoms with Crippen molar-refractivity contribution in [2.24, 2.45) is 0 Å². The molecule has 1 aromatic rings. The van der Waals surface area contributed by atoms with Gasteiger partial charge in [-0.05, 0) is 37.2 Å². The highest BCUT2D eigenvalue weighted by Crippen LogP contribution is 2.25.